The highest BCUT2D eigenvalue weighted by Gasteiger charge is 2.29. The van der Waals surface area contributed by atoms with Crippen LogP contribution in [-0.4, -0.2) is 36.1 Å². The van der Waals surface area contributed by atoms with Crippen molar-refractivity contribution in [2.75, 3.05) is 25.1 Å². The van der Waals surface area contributed by atoms with Crippen LogP contribution in [0.5, 0.6) is 0 Å². The SMILES string of the molecule is CCCC(C(=O)OC)c1c(Cl)nc(N2CCCCC2)nc1-c1ccccc1. The molecule has 1 aliphatic rings. The van der Waals surface area contributed by atoms with Gasteiger partial charge in [-0.2, -0.15) is 0 Å². The number of esters is 1. The van der Waals surface area contributed by atoms with Crippen LogP contribution in [0.3, 0.4) is 0 Å². The van der Waals surface area contributed by atoms with Gasteiger partial charge in [-0.3, -0.25) is 4.79 Å². The molecule has 0 bridgehead atoms. The Morgan fingerprint density at radius 3 is 2.52 bits per heavy atom. The minimum absolute atomic E-state index is 0.301. The minimum Gasteiger partial charge on any atom is -0.469 e. The summed E-state index contributed by atoms with van der Waals surface area (Å²) in [7, 11) is 1.41. The molecule has 0 spiro atoms. The van der Waals surface area contributed by atoms with Gasteiger partial charge in [0.05, 0.1) is 18.7 Å². The Morgan fingerprint density at radius 2 is 1.89 bits per heavy atom. The summed E-state index contributed by atoms with van der Waals surface area (Å²) in [6, 6.07) is 9.86. The molecular formula is C21H26ClN3O2. The number of hydrogen-bond donors (Lipinski definition) is 0. The standard InChI is InChI=1S/C21H26ClN3O2/c1-3-10-16(20(26)27-2)17-18(15-11-6-4-7-12-15)23-21(24-19(17)22)25-13-8-5-9-14-25/h4,6-7,11-12,16H,3,5,8-10,13-14H2,1-2H3. The summed E-state index contributed by atoms with van der Waals surface area (Å²) in [6.07, 6.45) is 4.96. The van der Waals surface area contributed by atoms with Gasteiger partial charge in [0.25, 0.3) is 0 Å². The molecule has 1 aliphatic heterocycles. The molecule has 6 heteroatoms. The number of carbonyl (C=O) groups is 1. The molecule has 1 unspecified atom stereocenters. The van der Waals surface area contributed by atoms with Crippen molar-refractivity contribution < 1.29 is 9.53 Å². The van der Waals surface area contributed by atoms with E-state index in [1.54, 1.807) is 0 Å². The topological polar surface area (TPSA) is 55.3 Å². The maximum absolute atomic E-state index is 12.5. The van der Waals surface area contributed by atoms with Crippen LogP contribution in [0.25, 0.3) is 11.3 Å². The first kappa shape index (κ1) is 19.6. The van der Waals surface area contributed by atoms with Crippen molar-refractivity contribution in [3.05, 3.63) is 41.0 Å². The third kappa shape index (κ3) is 4.41. The molecule has 0 saturated carbocycles. The molecule has 2 heterocycles. The fraction of sp³-hybridized carbons (Fsp3) is 0.476. The lowest BCUT2D eigenvalue weighted by Gasteiger charge is -2.28. The van der Waals surface area contributed by atoms with Gasteiger partial charge >= 0.3 is 5.97 Å². The Bertz CT molecular complexity index is 776. The van der Waals surface area contributed by atoms with Gasteiger partial charge in [0.1, 0.15) is 5.15 Å². The van der Waals surface area contributed by atoms with E-state index < -0.39 is 5.92 Å². The molecule has 0 radical (unpaired) electrons. The third-order valence-corrected chi connectivity index (χ3v) is 5.27. The first-order valence-corrected chi connectivity index (χ1v) is 9.99. The van der Waals surface area contributed by atoms with Crippen LogP contribution in [0.1, 0.15) is 50.5 Å². The van der Waals surface area contributed by atoms with Crippen molar-refractivity contribution in [1.82, 2.24) is 9.97 Å². The van der Waals surface area contributed by atoms with Crippen molar-refractivity contribution in [1.29, 1.82) is 0 Å². The van der Waals surface area contributed by atoms with E-state index in [9.17, 15) is 4.79 Å². The highest BCUT2D eigenvalue weighted by molar-refractivity contribution is 6.31. The molecule has 2 aromatic rings. The number of piperidine rings is 1. The van der Waals surface area contributed by atoms with Crippen molar-refractivity contribution in [3.63, 3.8) is 0 Å². The molecule has 1 atom stereocenters. The largest absolute Gasteiger partial charge is 0.469 e. The molecule has 5 nitrogen and oxygen atoms in total. The number of rotatable bonds is 6. The highest BCUT2D eigenvalue weighted by Crippen LogP contribution is 2.37. The maximum atomic E-state index is 12.5. The molecule has 144 valence electrons. The van der Waals surface area contributed by atoms with E-state index in [1.165, 1.54) is 13.5 Å². The second-order valence-electron chi connectivity index (χ2n) is 6.85. The Hall–Kier alpha value is -2.14. The Kier molecular flexibility index (Phi) is 6.67. The van der Waals surface area contributed by atoms with E-state index in [4.69, 9.17) is 21.3 Å². The van der Waals surface area contributed by atoms with Gasteiger partial charge in [-0.25, -0.2) is 9.97 Å². The van der Waals surface area contributed by atoms with E-state index in [2.05, 4.69) is 9.88 Å². The number of ether oxygens (including phenoxy) is 1. The number of aromatic nitrogens is 2. The summed E-state index contributed by atoms with van der Waals surface area (Å²) >= 11 is 6.65. The average molecular weight is 388 g/mol. The summed E-state index contributed by atoms with van der Waals surface area (Å²) in [4.78, 5) is 24.1. The van der Waals surface area contributed by atoms with Crippen LogP contribution in [0.15, 0.2) is 30.3 Å². The summed E-state index contributed by atoms with van der Waals surface area (Å²) < 4.78 is 5.05. The van der Waals surface area contributed by atoms with Gasteiger partial charge < -0.3 is 9.64 Å². The number of halogens is 1. The van der Waals surface area contributed by atoms with Gasteiger partial charge in [0.15, 0.2) is 0 Å². The molecule has 1 saturated heterocycles. The van der Waals surface area contributed by atoms with Gasteiger partial charge in [-0.1, -0.05) is 55.3 Å². The summed E-state index contributed by atoms with van der Waals surface area (Å²) in [5.41, 5.74) is 2.32. The van der Waals surface area contributed by atoms with E-state index >= 15 is 0 Å². The second-order valence-corrected chi connectivity index (χ2v) is 7.21. The Morgan fingerprint density at radius 1 is 1.19 bits per heavy atom. The van der Waals surface area contributed by atoms with Gasteiger partial charge in [-0.05, 0) is 25.7 Å². The van der Waals surface area contributed by atoms with Crippen LogP contribution in [0.2, 0.25) is 5.15 Å². The van der Waals surface area contributed by atoms with E-state index in [-0.39, 0.29) is 5.97 Å². The van der Waals surface area contributed by atoms with E-state index in [0.717, 1.165) is 43.6 Å². The number of anilines is 1. The summed E-state index contributed by atoms with van der Waals surface area (Å²) in [5, 5.41) is 0.341. The molecule has 1 aromatic heterocycles. The third-order valence-electron chi connectivity index (χ3n) is 4.98. The maximum Gasteiger partial charge on any atom is 0.313 e. The van der Waals surface area contributed by atoms with Crippen LogP contribution in [-0.2, 0) is 9.53 Å². The number of benzene rings is 1. The molecule has 0 N–H and O–H groups in total. The number of methoxy groups -OCH3 is 1. The van der Waals surface area contributed by atoms with Crippen LogP contribution in [0, 0.1) is 0 Å². The van der Waals surface area contributed by atoms with E-state index in [1.807, 2.05) is 37.3 Å². The second kappa shape index (κ2) is 9.18. The lowest BCUT2D eigenvalue weighted by atomic mass is 9.92. The first-order chi connectivity index (χ1) is 13.2. The summed E-state index contributed by atoms with van der Waals surface area (Å²) in [6.45, 7) is 3.90. The highest BCUT2D eigenvalue weighted by atomic mass is 35.5. The van der Waals surface area contributed by atoms with Crippen LogP contribution in [0.4, 0.5) is 5.95 Å². The molecule has 1 aromatic carbocycles. The average Bonchev–Trinajstić information content (AvgIpc) is 2.72. The van der Waals surface area contributed by atoms with Crippen LogP contribution >= 0.6 is 11.6 Å². The molecule has 3 rings (SSSR count). The van der Waals surface area contributed by atoms with Gasteiger partial charge in [0.2, 0.25) is 5.95 Å². The van der Waals surface area contributed by atoms with E-state index in [0.29, 0.717) is 23.1 Å². The zero-order valence-corrected chi connectivity index (χ0v) is 16.7. The Labute approximate surface area is 165 Å². The molecular weight excluding hydrogens is 362 g/mol. The predicted octanol–water partition coefficient (Wildman–Crippen LogP) is 4.84. The lowest BCUT2D eigenvalue weighted by Crippen LogP contribution is -2.31. The fourth-order valence-electron chi connectivity index (χ4n) is 3.60. The smallest absolute Gasteiger partial charge is 0.313 e. The number of hydrogen-bond acceptors (Lipinski definition) is 5. The van der Waals surface area contributed by atoms with Crippen molar-refractivity contribution in [2.45, 2.75) is 44.9 Å². The zero-order valence-electron chi connectivity index (χ0n) is 15.9. The fourth-order valence-corrected chi connectivity index (χ4v) is 3.90. The Balaban J connectivity index is 2.14. The predicted molar refractivity (Wildman–Crippen MR) is 108 cm³/mol. The molecule has 27 heavy (non-hydrogen) atoms. The quantitative estimate of drug-likeness (QED) is 0.524. The van der Waals surface area contributed by atoms with Crippen LogP contribution < -0.4 is 4.90 Å². The number of carbonyl (C=O) groups excluding carboxylic acids is 1. The molecule has 1 fully saturated rings. The molecule has 0 amide bonds. The normalized spacial score (nSPS) is 15.4. The monoisotopic (exact) mass is 387 g/mol. The van der Waals surface area contributed by atoms with Crippen molar-refractivity contribution >= 4 is 23.5 Å². The first-order valence-electron chi connectivity index (χ1n) is 9.61. The summed E-state index contributed by atoms with van der Waals surface area (Å²) in [5.74, 6) is -0.134. The van der Waals surface area contributed by atoms with Gasteiger partial charge in [0, 0.05) is 24.2 Å². The van der Waals surface area contributed by atoms with Crippen molar-refractivity contribution in [2.24, 2.45) is 0 Å². The number of nitrogens with zero attached hydrogens (tertiary/aromatic N) is 3. The van der Waals surface area contributed by atoms with Gasteiger partial charge in [-0.15, -0.1) is 0 Å². The zero-order chi connectivity index (χ0) is 19.2. The van der Waals surface area contributed by atoms with Crippen molar-refractivity contribution in [3.8, 4) is 11.3 Å². The minimum atomic E-state index is -0.474. The molecule has 0 aliphatic carbocycles. The lowest BCUT2D eigenvalue weighted by molar-refractivity contribution is -0.142.